The molecule has 0 fully saturated rings. The molecule has 0 heterocycles. The Bertz CT molecular complexity index is 549. The summed E-state index contributed by atoms with van der Waals surface area (Å²) in [7, 11) is 0. The van der Waals surface area contributed by atoms with Crippen LogP contribution in [0.3, 0.4) is 0 Å². The third-order valence-electron chi connectivity index (χ3n) is 2.56. The average molecular weight is 343 g/mol. The summed E-state index contributed by atoms with van der Waals surface area (Å²) in [4.78, 5) is 0. The van der Waals surface area contributed by atoms with Gasteiger partial charge in [-0.1, -0.05) is 30.3 Å². The zero-order chi connectivity index (χ0) is 13.7. The van der Waals surface area contributed by atoms with Crippen LogP contribution < -0.4 is 8.92 Å². The minimum Gasteiger partial charge on any atom is -0.489 e. The number of benzene rings is 2. The Morgan fingerprint density at radius 1 is 1.21 bits per heavy atom. The quantitative estimate of drug-likeness (QED) is 0.691. The van der Waals surface area contributed by atoms with Crippen LogP contribution in [0.5, 0.6) is 11.5 Å². The zero-order valence-electron chi connectivity index (χ0n) is 10.2. The smallest absolute Gasteiger partial charge is 0.272 e. The van der Waals surface area contributed by atoms with Gasteiger partial charge in [-0.3, -0.25) is 0 Å². The third-order valence-corrected chi connectivity index (χ3v) is 3.82. The van der Waals surface area contributed by atoms with Crippen LogP contribution >= 0.6 is 28.4 Å². The van der Waals surface area contributed by atoms with Crippen molar-refractivity contribution >= 4 is 28.4 Å². The number of hydrogen-bond donors (Lipinski definition) is 0. The molecule has 2 rings (SSSR count). The van der Waals surface area contributed by atoms with E-state index in [9.17, 15) is 3.89 Å². The molecule has 0 aliphatic rings. The summed E-state index contributed by atoms with van der Waals surface area (Å²) in [6, 6.07) is 13.4. The van der Waals surface area contributed by atoms with E-state index in [2.05, 4.69) is 15.9 Å². The van der Waals surface area contributed by atoms with E-state index >= 15 is 0 Å². The lowest BCUT2D eigenvalue weighted by molar-refractivity contribution is 0.305. The van der Waals surface area contributed by atoms with Crippen molar-refractivity contribution in [1.82, 2.24) is 0 Å². The maximum atomic E-state index is 12.2. The number of aryl methyl sites for hydroxylation is 1. The van der Waals surface area contributed by atoms with Gasteiger partial charge in [0.1, 0.15) is 12.4 Å². The van der Waals surface area contributed by atoms with Crippen LogP contribution in [0, 0.1) is 6.92 Å². The molecule has 0 bridgehead atoms. The van der Waals surface area contributed by atoms with E-state index in [0.29, 0.717) is 18.1 Å². The zero-order valence-corrected chi connectivity index (χ0v) is 12.6. The molecule has 5 heteroatoms. The van der Waals surface area contributed by atoms with Crippen molar-refractivity contribution in [3.63, 3.8) is 0 Å². The average Bonchev–Trinajstić information content (AvgIpc) is 2.43. The largest absolute Gasteiger partial charge is 0.489 e. The molecule has 2 nitrogen and oxygen atoms in total. The summed E-state index contributed by atoms with van der Waals surface area (Å²) in [6.45, 7) is 2.36. The molecule has 19 heavy (non-hydrogen) atoms. The Hall–Kier alpha value is -1.20. The molecule has 0 radical (unpaired) electrons. The lowest BCUT2D eigenvalue weighted by atomic mass is 10.2. The van der Waals surface area contributed by atoms with E-state index in [1.54, 1.807) is 6.07 Å². The van der Waals surface area contributed by atoms with Crippen molar-refractivity contribution in [3.05, 3.63) is 58.1 Å². The van der Waals surface area contributed by atoms with E-state index in [0.717, 1.165) is 15.6 Å². The van der Waals surface area contributed by atoms with E-state index in [1.807, 2.05) is 43.3 Å². The number of ether oxygens (including phenoxy) is 1. The molecule has 2 aromatic rings. The van der Waals surface area contributed by atoms with Crippen LogP contribution in [0.4, 0.5) is 3.89 Å². The first-order chi connectivity index (χ1) is 9.20. The van der Waals surface area contributed by atoms with Crippen LogP contribution in [-0.4, -0.2) is 0 Å². The normalized spacial score (nSPS) is 10.3. The summed E-state index contributed by atoms with van der Waals surface area (Å²) in [5.41, 5.74) is 2.00. The Morgan fingerprint density at radius 2 is 1.95 bits per heavy atom. The van der Waals surface area contributed by atoms with Gasteiger partial charge in [0, 0.05) is 6.07 Å². The van der Waals surface area contributed by atoms with E-state index in [1.165, 1.54) is 0 Å². The third kappa shape index (κ3) is 3.88. The maximum Gasteiger partial charge on any atom is 0.272 e. The molecule has 0 saturated carbocycles. The van der Waals surface area contributed by atoms with E-state index in [-0.39, 0.29) is 12.4 Å². The Balaban J connectivity index is 2.12. The summed E-state index contributed by atoms with van der Waals surface area (Å²) >= 11 is 3.17. The summed E-state index contributed by atoms with van der Waals surface area (Å²) in [5, 5.41) is 0. The van der Waals surface area contributed by atoms with Crippen LogP contribution in [0.25, 0.3) is 0 Å². The molecule has 0 aromatic heterocycles. The van der Waals surface area contributed by atoms with Gasteiger partial charge in [0.25, 0.3) is 12.4 Å². The topological polar surface area (TPSA) is 18.5 Å². The number of rotatable bonds is 5. The van der Waals surface area contributed by atoms with Crippen molar-refractivity contribution in [2.75, 3.05) is 0 Å². The minimum absolute atomic E-state index is 0.185. The lowest BCUT2D eigenvalue weighted by Crippen LogP contribution is -1.96. The molecule has 0 atom stereocenters. The molecule has 0 N–H and O–H groups in total. The van der Waals surface area contributed by atoms with Crippen LogP contribution in [0.2, 0.25) is 0 Å². The fourth-order valence-corrected chi connectivity index (χ4v) is 2.24. The summed E-state index contributed by atoms with van der Waals surface area (Å²) in [6.07, 6.45) is 0. The highest BCUT2D eigenvalue weighted by Gasteiger charge is 2.09. The van der Waals surface area contributed by atoms with Gasteiger partial charge in [0.05, 0.1) is 4.47 Å². The summed E-state index contributed by atoms with van der Waals surface area (Å²) < 4.78 is 23.4. The first kappa shape index (κ1) is 14.2. The van der Waals surface area contributed by atoms with E-state index in [4.69, 9.17) is 8.92 Å². The van der Waals surface area contributed by atoms with Gasteiger partial charge in [-0.05, 0) is 40.0 Å². The van der Waals surface area contributed by atoms with Crippen molar-refractivity contribution in [3.8, 4) is 11.5 Å². The number of hydrogen-bond acceptors (Lipinski definition) is 3. The highest BCUT2D eigenvalue weighted by atomic mass is 79.9. The van der Waals surface area contributed by atoms with Gasteiger partial charge >= 0.3 is 0 Å². The van der Waals surface area contributed by atoms with E-state index < -0.39 is 0 Å². The molecule has 100 valence electrons. The predicted molar refractivity (Wildman–Crippen MR) is 79.0 cm³/mol. The number of halogens is 2. The van der Waals surface area contributed by atoms with Crippen LogP contribution in [-0.2, 0) is 6.61 Å². The van der Waals surface area contributed by atoms with Crippen LogP contribution in [0.1, 0.15) is 11.1 Å². The first-order valence-corrected chi connectivity index (χ1v) is 7.06. The second-order valence-electron chi connectivity index (χ2n) is 3.97. The fraction of sp³-hybridized carbons (Fsp3) is 0.143. The highest BCUT2D eigenvalue weighted by Crippen LogP contribution is 2.35. The van der Waals surface area contributed by atoms with Gasteiger partial charge in [-0.2, -0.15) is 0 Å². The lowest BCUT2D eigenvalue weighted by Gasteiger charge is -2.11. The molecule has 0 aliphatic carbocycles. The Morgan fingerprint density at radius 3 is 2.63 bits per heavy atom. The van der Waals surface area contributed by atoms with Crippen molar-refractivity contribution < 1.29 is 12.8 Å². The molecule has 0 amide bonds. The first-order valence-electron chi connectivity index (χ1n) is 5.63. The maximum absolute atomic E-state index is 12.2. The van der Waals surface area contributed by atoms with Gasteiger partial charge in [-0.25, -0.2) is 0 Å². The molecule has 0 unspecified atom stereocenters. The Kier molecular flexibility index (Phi) is 5.10. The monoisotopic (exact) mass is 342 g/mol. The van der Waals surface area contributed by atoms with Gasteiger partial charge < -0.3 is 8.92 Å². The highest BCUT2D eigenvalue weighted by molar-refractivity contribution is 9.10. The Labute approximate surface area is 124 Å². The second-order valence-corrected chi connectivity index (χ2v) is 5.06. The van der Waals surface area contributed by atoms with Crippen LogP contribution in [0.15, 0.2) is 46.9 Å². The van der Waals surface area contributed by atoms with Crippen molar-refractivity contribution in [1.29, 1.82) is 0 Å². The van der Waals surface area contributed by atoms with Crippen molar-refractivity contribution in [2.45, 2.75) is 13.5 Å². The molecule has 2 aromatic carbocycles. The van der Waals surface area contributed by atoms with Crippen molar-refractivity contribution in [2.24, 2.45) is 0 Å². The summed E-state index contributed by atoms with van der Waals surface area (Å²) in [5.74, 6) is 1.06. The molecule has 0 spiro atoms. The van der Waals surface area contributed by atoms with Gasteiger partial charge in [0.15, 0.2) is 5.75 Å². The molecule has 0 aliphatic heterocycles. The molecular formula is C14H12BrFO2S. The second kappa shape index (κ2) is 6.82. The molecule has 0 saturated heterocycles. The predicted octanol–water partition coefficient (Wildman–Crippen LogP) is 5.25. The standard InChI is InChI=1S/C14H12BrFO2S/c1-10-7-12(8-13(14(10)15)18-19-16)17-9-11-5-3-2-4-6-11/h2-8H,9H2,1H3. The SMILES string of the molecule is Cc1cc(OCc2ccccc2)cc(OSF)c1Br. The molecular weight excluding hydrogens is 331 g/mol. The minimum atomic E-state index is -0.185. The van der Waals surface area contributed by atoms with Gasteiger partial charge in [-0.15, -0.1) is 3.89 Å². The fourth-order valence-electron chi connectivity index (χ4n) is 1.62. The van der Waals surface area contributed by atoms with Gasteiger partial charge in [0.2, 0.25) is 0 Å².